The molecule has 1 fully saturated rings. The number of halogens is 1. The molecule has 1 aliphatic rings. The summed E-state index contributed by atoms with van der Waals surface area (Å²) >= 11 is 6.66. The number of carbonyl (C=O) groups excluding carboxylic acids is 2. The molecule has 1 aliphatic heterocycles. The molecule has 0 aliphatic carbocycles. The fourth-order valence-electron chi connectivity index (χ4n) is 3.61. The van der Waals surface area contributed by atoms with Crippen LogP contribution in [-0.4, -0.2) is 16.4 Å². The fourth-order valence-corrected chi connectivity index (χ4v) is 3.98. The highest BCUT2D eigenvalue weighted by molar-refractivity contribution is 6.34. The Kier molecular flexibility index (Phi) is 5.32. The molecule has 4 rings (SSSR count). The van der Waals surface area contributed by atoms with Gasteiger partial charge in [0.05, 0.1) is 17.5 Å². The van der Waals surface area contributed by atoms with Gasteiger partial charge in [0.15, 0.2) is 0 Å². The summed E-state index contributed by atoms with van der Waals surface area (Å²) in [6.07, 6.45) is 2.53. The molecule has 29 heavy (non-hydrogen) atoms. The zero-order valence-corrected chi connectivity index (χ0v) is 16.4. The Labute approximate surface area is 172 Å². The van der Waals surface area contributed by atoms with Gasteiger partial charge in [-0.3, -0.25) is 19.7 Å². The molecular weight excluding hydrogens is 388 g/mol. The van der Waals surface area contributed by atoms with E-state index in [2.05, 4.69) is 5.32 Å². The zero-order valence-electron chi connectivity index (χ0n) is 15.6. The molecule has 2 aromatic carbocycles. The van der Waals surface area contributed by atoms with Gasteiger partial charge >= 0.3 is 0 Å². The van der Waals surface area contributed by atoms with Gasteiger partial charge in [0.25, 0.3) is 5.56 Å². The third-order valence-corrected chi connectivity index (χ3v) is 5.58. The first-order chi connectivity index (χ1) is 14.0. The molecule has 6 heteroatoms. The van der Waals surface area contributed by atoms with Gasteiger partial charge in [-0.1, -0.05) is 60.1 Å². The Morgan fingerprint density at radius 1 is 0.966 bits per heavy atom. The summed E-state index contributed by atoms with van der Waals surface area (Å²) in [5.74, 6) is -0.972. The first-order valence-corrected chi connectivity index (χ1v) is 9.77. The highest BCUT2D eigenvalue weighted by Gasteiger charge is 2.30. The van der Waals surface area contributed by atoms with Gasteiger partial charge < -0.3 is 4.57 Å². The number of piperidine rings is 1. The summed E-state index contributed by atoms with van der Waals surface area (Å²) in [7, 11) is 0. The third-order valence-electron chi connectivity index (χ3n) is 5.16. The van der Waals surface area contributed by atoms with Crippen LogP contribution in [0.3, 0.4) is 0 Å². The van der Waals surface area contributed by atoms with E-state index >= 15 is 0 Å². The van der Waals surface area contributed by atoms with Crippen LogP contribution < -0.4 is 10.9 Å². The lowest BCUT2D eigenvalue weighted by Crippen LogP contribution is -2.39. The van der Waals surface area contributed by atoms with E-state index in [1.807, 2.05) is 48.5 Å². The zero-order chi connectivity index (χ0) is 20.4. The van der Waals surface area contributed by atoms with Crippen LogP contribution in [0, 0.1) is 0 Å². The Hall–Kier alpha value is -3.18. The van der Waals surface area contributed by atoms with Crippen molar-refractivity contribution < 1.29 is 9.59 Å². The molecule has 0 spiro atoms. The summed E-state index contributed by atoms with van der Waals surface area (Å²) in [6.45, 7) is 0.490. The molecule has 1 aromatic heterocycles. The van der Waals surface area contributed by atoms with E-state index in [1.54, 1.807) is 16.8 Å². The van der Waals surface area contributed by atoms with E-state index < -0.39 is 5.92 Å². The Morgan fingerprint density at radius 3 is 2.48 bits per heavy atom. The standard InChI is InChI=1S/C23H19ClN2O3/c24-22-17(4-3-5-18(22)19-11-12-20(27)25-23(19)29)16-9-7-15(8-10-16)14-26-13-2-1-6-21(26)28/h1-10,13,19H,11-12,14H2,(H,25,27,29)/t19-/m1/s1. The lowest BCUT2D eigenvalue weighted by Gasteiger charge is -2.23. The minimum Gasteiger partial charge on any atom is -0.311 e. The molecule has 1 saturated heterocycles. The van der Waals surface area contributed by atoms with Crippen LogP contribution in [-0.2, 0) is 16.1 Å². The van der Waals surface area contributed by atoms with Crippen LogP contribution in [0.15, 0.2) is 71.7 Å². The van der Waals surface area contributed by atoms with Crippen LogP contribution in [0.25, 0.3) is 11.1 Å². The number of hydrogen-bond acceptors (Lipinski definition) is 3. The van der Waals surface area contributed by atoms with E-state index in [-0.39, 0.29) is 17.4 Å². The molecule has 2 heterocycles. The average Bonchev–Trinajstić information content (AvgIpc) is 2.71. The van der Waals surface area contributed by atoms with Crippen LogP contribution in [0.5, 0.6) is 0 Å². The number of nitrogens with zero attached hydrogens (tertiary/aromatic N) is 1. The number of nitrogens with one attached hydrogen (secondary N) is 1. The van der Waals surface area contributed by atoms with Crippen LogP contribution in [0.4, 0.5) is 0 Å². The maximum Gasteiger partial charge on any atom is 0.250 e. The summed E-state index contributed by atoms with van der Waals surface area (Å²) in [4.78, 5) is 35.5. The minimum absolute atomic E-state index is 0.0448. The van der Waals surface area contributed by atoms with E-state index in [4.69, 9.17) is 11.6 Å². The molecule has 0 radical (unpaired) electrons. The largest absolute Gasteiger partial charge is 0.311 e. The average molecular weight is 407 g/mol. The number of aromatic nitrogens is 1. The Bertz CT molecular complexity index is 1140. The highest BCUT2D eigenvalue weighted by Crippen LogP contribution is 2.37. The van der Waals surface area contributed by atoms with Crippen molar-refractivity contribution in [2.45, 2.75) is 25.3 Å². The second-order valence-electron chi connectivity index (χ2n) is 7.08. The van der Waals surface area contributed by atoms with Crippen molar-refractivity contribution in [3.05, 3.63) is 93.4 Å². The normalized spacial score (nSPS) is 16.5. The molecule has 5 nitrogen and oxygen atoms in total. The van der Waals surface area contributed by atoms with Crippen molar-refractivity contribution in [1.82, 2.24) is 9.88 Å². The number of carbonyl (C=O) groups is 2. The molecule has 0 unspecified atom stereocenters. The topological polar surface area (TPSA) is 68.2 Å². The first-order valence-electron chi connectivity index (χ1n) is 9.40. The molecule has 3 aromatic rings. The maximum absolute atomic E-state index is 12.2. The first kappa shape index (κ1) is 19.2. The van der Waals surface area contributed by atoms with E-state index in [0.717, 1.165) is 22.3 Å². The van der Waals surface area contributed by atoms with Crippen molar-refractivity contribution in [1.29, 1.82) is 0 Å². The van der Waals surface area contributed by atoms with Crippen molar-refractivity contribution in [3.8, 4) is 11.1 Å². The molecular formula is C23H19ClN2O3. The fraction of sp³-hybridized carbons (Fsp3) is 0.174. The second kappa shape index (κ2) is 8.05. The van der Waals surface area contributed by atoms with Gasteiger partial charge in [0, 0.05) is 24.2 Å². The molecule has 0 saturated carbocycles. The SMILES string of the molecule is O=C1CC[C@H](c2cccc(-c3ccc(Cn4ccccc4=O)cc3)c2Cl)C(=O)N1. The highest BCUT2D eigenvalue weighted by atomic mass is 35.5. The lowest BCUT2D eigenvalue weighted by molar-refractivity contribution is -0.134. The third kappa shape index (κ3) is 4.00. The number of imide groups is 1. The quantitative estimate of drug-likeness (QED) is 0.671. The maximum atomic E-state index is 12.2. The van der Waals surface area contributed by atoms with E-state index in [0.29, 0.717) is 24.4 Å². The summed E-state index contributed by atoms with van der Waals surface area (Å²) in [5.41, 5.74) is 3.44. The number of pyridine rings is 1. The summed E-state index contributed by atoms with van der Waals surface area (Å²) in [5, 5.41) is 2.91. The summed E-state index contributed by atoms with van der Waals surface area (Å²) in [6, 6.07) is 18.5. The van der Waals surface area contributed by atoms with Crippen LogP contribution >= 0.6 is 11.6 Å². The number of amides is 2. The van der Waals surface area contributed by atoms with Crippen molar-refractivity contribution >= 4 is 23.4 Å². The molecule has 0 bridgehead atoms. The minimum atomic E-state index is -0.427. The molecule has 1 N–H and O–H groups in total. The summed E-state index contributed by atoms with van der Waals surface area (Å²) < 4.78 is 1.64. The lowest BCUT2D eigenvalue weighted by atomic mass is 9.88. The smallest absolute Gasteiger partial charge is 0.250 e. The van der Waals surface area contributed by atoms with Gasteiger partial charge in [-0.25, -0.2) is 0 Å². The van der Waals surface area contributed by atoms with Crippen molar-refractivity contribution in [3.63, 3.8) is 0 Å². The number of benzene rings is 2. The van der Waals surface area contributed by atoms with Gasteiger partial charge in [-0.05, 0) is 29.2 Å². The van der Waals surface area contributed by atoms with Crippen molar-refractivity contribution in [2.24, 2.45) is 0 Å². The van der Waals surface area contributed by atoms with Crippen LogP contribution in [0.1, 0.15) is 29.9 Å². The van der Waals surface area contributed by atoms with Crippen molar-refractivity contribution in [2.75, 3.05) is 0 Å². The van der Waals surface area contributed by atoms with Gasteiger partial charge in [-0.2, -0.15) is 0 Å². The van der Waals surface area contributed by atoms with E-state index in [9.17, 15) is 14.4 Å². The molecule has 1 atom stereocenters. The predicted molar refractivity (Wildman–Crippen MR) is 112 cm³/mol. The Morgan fingerprint density at radius 2 is 1.76 bits per heavy atom. The van der Waals surface area contributed by atoms with Gasteiger partial charge in [0.2, 0.25) is 11.8 Å². The number of rotatable bonds is 4. The van der Waals surface area contributed by atoms with Crippen LogP contribution in [0.2, 0.25) is 5.02 Å². The van der Waals surface area contributed by atoms with Gasteiger partial charge in [-0.15, -0.1) is 0 Å². The Balaban J connectivity index is 1.60. The molecule has 2 amide bonds. The van der Waals surface area contributed by atoms with Gasteiger partial charge in [0.1, 0.15) is 0 Å². The molecule has 146 valence electrons. The number of hydrogen-bond donors (Lipinski definition) is 1. The monoisotopic (exact) mass is 406 g/mol. The van der Waals surface area contributed by atoms with E-state index in [1.165, 1.54) is 6.07 Å². The second-order valence-corrected chi connectivity index (χ2v) is 7.45. The predicted octanol–water partition coefficient (Wildman–Crippen LogP) is 3.74.